The zero-order valence-corrected chi connectivity index (χ0v) is 18.6. The van der Waals surface area contributed by atoms with E-state index in [2.05, 4.69) is 10.6 Å². The molecular formula is C24H21ClF2N2O4. The molecule has 0 saturated carbocycles. The number of halogens is 3. The summed E-state index contributed by atoms with van der Waals surface area (Å²) in [7, 11) is 2.80. The molecule has 0 spiro atoms. The number of hydrogen-bond acceptors (Lipinski definition) is 4. The fraction of sp³-hybridized carbons (Fsp3) is 0.167. The number of likely N-dealkylation sites (N-methyl/N-ethyl adjacent to an activating group) is 1. The molecule has 0 aliphatic carbocycles. The second-order valence-electron chi connectivity index (χ2n) is 6.98. The topological polar surface area (TPSA) is 76.7 Å². The summed E-state index contributed by atoms with van der Waals surface area (Å²) < 4.78 is 38.1. The molecule has 1 atom stereocenters. The van der Waals surface area contributed by atoms with Crippen molar-refractivity contribution >= 4 is 23.4 Å². The van der Waals surface area contributed by atoms with Crippen molar-refractivity contribution in [2.75, 3.05) is 14.2 Å². The van der Waals surface area contributed by atoms with Gasteiger partial charge in [-0.1, -0.05) is 29.8 Å². The lowest BCUT2D eigenvalue weighted by molar-refractivity contribution is -0.122. The van der Waals surface area contributed by atoms with Crippen LogP contribution < -0.4 is 20.1 Å². The summed E-state index contributed by atoms with van der Waals surface area (Å²) in [4.78, 5) is 25.1. The van der Waals surface area contributed by atoms with Crippen LogP contribution in [0, 0.1) is 11.6 Å². The maximum atomic E-state index is 13.7. The van der Waals surface area contributed by atoms with Crippen molar-refractivity contribution < 1.29 is 27.8 Å². The molecule has 6 nitrogen and oxygen atoms in total. The highest BCUT2D eigenvalue weighted by molar-refractivity contribution is 6.30. The number of rotatable bonds is 8. The van der Waals surface area contributed by atoms with Gasteiger partial charge in [0.2, 0.25) is 5.91 Å². The number of benzene rings is 3. The van der Waals surface area contributed by atoms with Crippen LogP contribution in [0.2, 0.25) is 5.02 Å². The molecule has 0 aliphatic heterocycles. The van der Waals surface area contributed by atoms with E-state index in [4.69, 9.17) is 21.1 Å². The number of hydrogen-bond donors (Lipinski definition) is 2. The number of nitrogens with one attached hydrogen (secondary N) is 2. The van der Waals surface area contributed by atoms with E-state index >= 15 is 0 Å². The van der Waals surface area contributed by atoms with Crippen molar-refractivity contribution in [2.24, 2.45) is 0 Å². The predicted octanol–water partition coefficient (Wildman–Crippen LogP) is 4.42. The van der Waals surface area contributed by atoms with Gasteiger partial charge in [-0.25, -0.2) is 8.78 Å². The van der Waals surface area contributed by atoms with Gasteiger partial charge in [0.25, 0.3) is 5.91 Å². The van der Waals surface area contributed by atoms with Crippen molar-refractivity contribution in [1.29, 1.82) is 0 Å². The highest BCUT2D eigenvalue weighted by Gasteiger charge is 2.24. The molecule has 0 heterocycles. The summed E-state index contributed by atoms with van der Waals surface area (Å²) in [5.74, 6) is -2.67. The Hall–Kier alpha value is -3.65. The summed E-state index contributed by atoms with van der Waals surface area (Å²) >= 11 is 5.88. The van der Waals surface area contributed by atoms with Gasteiger partial charge in [0.15, 0.2) is 23.1 Å². The normalized spacial score (nSPS) is 11.4. The maximum Gasteiger partial charge on any atom is 0.252 e. The van der Waals surface area contributed by atoms with Gasteiger partial charge in [-0.3, -0.25) is 9.59 Å². The lowest BCUT2D eigenvalue weighted by Crippen LogP contribution is -2.39. The van der Waals surface area contributed by atoms with E-state index in [1.807, 2.05) is 12.1 Å². The molecule has 0 aliphatic rings. The lowest BCUT2D eigenvalue weighted by Gasteiger charge is -2.18. The molecule has 172 valence electrons. The van der Waals surface area contributed by atoms with Gasteiger partial charge in [-0.2, -0.15) is 0 Å². The van der Waals surface area contributed by atoms with Crippen molar-refractivity contribution in [2.45, 2.75) is 12.6 Å². The van der Waals surface area contributed by atoms with E-state index in [0.717, 1.165) is 17.7 Å². The van der Waals surface area contributed by atoms with Gasteiger partial charge >= 0.3 is 0 Å². The monoisotopic (exact) mass is 474 g/mol. The molecule has 3 rings (SSSR count). The smallest absolute Gasteiger partial charge is 0.252 e. The van der Waals surface area contributed by atoms with Crippen LogP contribution in [-0.2, 0) is 11.4 Å². The summed E-state index contributed by atoms with van der Waals surface area (Å²) in [6.07, 6.45) is 0. The van der Waals surface area contributed by atoms with E-state index < -0.39 is 29.5 Å². The number of amides is 2. The Labute approximate surface area is 194 Å². The summed E-state index contributed by atoms with van der Waals surface area (Å²) in [6, 6.07) is 13.4. The van der Waals surface area contributed by atoms with Crippen LogP contribution in [0.3, 0.4) is 0 Å². The SMILES string of the molecule is CNC(=O)C(NC(=O)c1ccc(OCc2ccc(Cl)cc2)c(OC)c1)c1ccc(F)c(F)c1. The predicted molar refractivity (Wildman–Crippen MR) is 119 cm³/mol. The van der Waals surface area contributed by atoms with Gasteiger partial charge < -0.3 is 20.1 Å². The fourth-order valence-corrected chi connectivity index (χ4v) is 3.15. The minimum absolute atomic E-state index is 0.0940. The van der Waals surface area contributed by atoms with E-state index in [1.54, 1.807) is 18.2 Å². The third kappa shape index (κ3) is 5.98. The van der Waals surface area contributed by atoms with E-state index in [0.29, 0.717) is 16.5 Å². The first-order valence-electron chi connectivity index (χ1n) is 9.85. The quantitative estimate of drug-likeness (QED) is 0.506. The Kier molecular flexibility index (Phi) is 7.84. The molecule has 0 aromatic heterocycles. The van der Waals surface area contributed by atoms with E-state index in [9.17, 15) is 18.4 Å². The van der Waals surface area contributed by atoms with E-state index in [1.165, 1.54) is 32.4 Å². The molecule has 0 radical (unpaired) electrons. The first-order chi connectivity index (χ1) is 15.8. The Balaban J connectivity index is 1.77. The third-order valence-corrected chi connectivity index (χ3v) is 5.05. The van der Waals surface area contributed by atoms with Crippen LogP contribution in [0.15, 0.2) is 60.7 Å². The van der Waals surface area contributed by atoms with Crippen LogP contribution in [0.1, 0.15) is 27.5 Å². The summed E-state index contributed by atoms with van der Waals surface area (Å²) in [6.45, 7) is 0.258. The Morgan fingerprint density at radius 3 is 2.33 bits per heavy atom. The molecule has 1 unspecified atom stereocenters. The van der Waals surface area contributed by atoms with Crippen molar-refractivity contribution in [1.82, 2.24) is 10.6 Å². The van der Waals surface area contributed by atoms with Crippen LogP contribution in [0.25, 0.3) is 0 Å². The number of carbonyl (C=O) groups is 2. The van der Waals surface area contributed by atoms with Gasteiger partial charge in [0, 0.05) is 17.6 Å². The average molecular weight is 475 g/mol. The van der Waals surface area contributed by atoms with Gasteiger partial charge in [0.05, 0.1) is 7.11 Å². The Morgan fingerprint density at radius 2 is 1.70 bits per heavy atom. The first kappa shape index (κ1) is 24.0. The van der Waals surface area contributed by atoms with Crippen molar-refractivity contribution in [3.05, 3.63) is 94.0 Å². The summed E-state index contributed by atoms with van der Waals surface area (Å²) in [5.41, 5.74) is 1.17. The molecule has 33 heavy (non-hydrogen) atoms. The van der Waals surface area contributed by atoms with Gasteiger partial charge in [-0.15, -0.1) is 0 Å². The molecule has 0 fully saturated rings. The summed E-state index contributed by atoms with van der Waals surface area (Å²) in [5, 5.41) is 5.55. The minimum Gasteiger partial charge on any atom is -0.493 e. The Morgan fingerprint density at radius 1 is 0.970 bits per heavy atom. The van der Waals surface area contributed by atoms with Crippen LogP contribution in [0.5, 0.6) is 11.5 Å². The largest absolute Gasteiger partial charge is 0.493 e. The second-order valence-corrected chi connectivity index (χ2v) is 7.41. The third-order valence-electron chi connectivity index (χ3n) is 4.79. The maximum absolute atomic E-state index is 13.7. The second kappa shape index (κ2) is 10.8. The van der Waals surface area contributed by atoms with Crippen LogP contribution in [0.4, 0.5) is 8.78 Å². The Bertz CT molecular complexity index is 1160. The zero-order valence-electron chi connectivity index (χ0n) is 17.8. The fourth-order valence-electron chi connectivity index (χ4n) is 3.02. The molecule has 0 saturated heterocycles. The number of carbonyl (C=O) groups excluding carboxylic acids is 2. The number of methoxy groups -OCH3 is 1. The highest BCUT2D eigenvalue weighted by atomic mass is 35.5. The first-order valence-corrected chi connectivity index (χ1v) is 10.2. The zero-order chi connectivity index (χ0) is 24.0. The molecular weight excluding hydrogens is 454 g/mol. The minimum atomic E-state index is -1.23. The van der Waals surface area contributed by atoms with Gasteiger partial charge in [0.1, 0.15) is 12.6 Å². The van der Waals surface area contributed by atoms with Crippen molar-refractivity contribution in [3.8, 4) is 11.5 Å². The molecule has 2 amide bonds. The van der Waals surface area contributed by atoms with E-state index in [-0.39, 0.29) is 17.7 Å². The highest BCUT2D eigenvalue weighted by Crippen LogP contribution is 2.29. The molecule has 2 N–H and O–H groups in total. The van der Waals surface area contributed by atoms with Crippen LogP contribution >= 0.6 is 11.6 Å². The number of ether oxygens (including phenoxy) is 2. The van der Waals surface area contributed by atoms with Gasteiger partial charge in [-0.05, 0) is 53.6 Å². The average Bonchev–Trinajstić information content (AvgIpc) is 2.83. The molecule has 9 heteroatoms. The lowest BCUT2D eigenvalue weighted by atomic mass is 10.0. The molecule has 0 bridgehead atoms. The van der Waals surface area contributed by atoms with Crippen molar-refractivity contribution in [3.63, 3.8) is 0 Å². The standard InChI is InChI=1S/C24H21ClF2N2O4/c1-28-24(31)22(15-5-9-18(26)19(27)11-15)29-23(30)16-6-10-20(21(12-16)32-2)33-13-14-3-7-17(25)8-4-14/h3-12,22H,13H2,1-2H3,(H,28,31)(H,29,30). The molecule has 3 aromatic carbocycles. The van der Waals surface area contributed by atoms with Crippen LogP contribution in [-0.4, -0.2) is 26.0 Å². The molecule has 3 aromatic rings.